The van der Waals surface area contributed by atoms with Gasteiger partial charge in [0.2, 0.25) is 14.0 Å². The number of benzene rings is 10. The van der Waals surface area contributed by atoms with Crippen molar-refractivity contribution < 1.29 is 91.8 Å². The van der Waals surface area contributed by atoms with Gasteiger partial charge in [0.25, 0.3) is 67.8 Å². The number of carbonyl (C=O) groups is 5. The molecule has 25 nitrogen and oxygen atoms in total. The van der Waals surface area contributed by atoms with E-state index in [0.29, 0.717) is 33.2 Å². The fraction of sp³-hybridized carbons (Fsp3) is 0.145. The predicted octanol–water partition coefficient (Wildman–Crippen LogP) is 11.7. The van der Waals surface area contributed by atoms with Gasteiger partial charge < -0.3 is 8.92 Å². The van der Waals surface area contributed by atoms with Gasteiger partial charge in [-0.25, -0.2) is 69.5 Å². The molecule has 12 rings (SSSR count). The van der Waals surface area contributed by atoms with Crippen molar-refractivity contribution in [3.05, 3.63) is 309 Å². The number of hydrogen-bond donors (Lipinski definition) is 4. The van der Waals surface area contributed by atoms with E-state index in [0.717, 1.165) is 38.9 Å². The molecule has 0 unspecified atom stereocenters. The van der Waals surface area contributed by atoms with Crippen molar-refractivity contribution in [3.63, 3.8) is 0 Å². The second-order valence-electron chi connectivity index (χ2n) is 25.0. The van der Waals surface area contributed by atoms with Crippen molar-refractivity contribution in [2.45, 2.75) is 102 Å². The molecule has 0 bridgehead atoms. The minimum absolute atomic E-state index is 0.0248. The molecule has 0 saturated carbocycles. The Morgan fingerprint density at radius 1 is 0.367 bits per heavy atom. The smallest absolute Gasteiger partial charge is 0.355 e. The molecule has 109 heavy (non-hydrogen) atoms. The van der Waals surface area contributed by atoms with E-state index < -0.39 is 92.8 Å². The van der Waals surface area contributed by atoms with Crippen LogP contribution in [0.1, 0.15) is 112 Å². The van der Waals surface area contributed by atoms with Crippen LogP contribution in [0.4, 0.5) is 0 Å². The van der Waals surface area contributed by atoms with Crippen molar-refractivity contribution in [1.82, 2.24) is 18.3 Å². The van der Waals surface area contributed by atoms with Crippen LogP contribution in [-0.4, -0.2) is 94.8 Å². The second-order valence-corrected chi connectivity index (χ2v) is 38.9. The Kier molecular flexibility index (Phi) is 28.1. The lowest BCUT2D eigenvalue weighted by Gasteiger charge is -2.19. The molecule has 0 fully saturated rings. The van der Waals surface area contributed by atoms with Gasteiger partial charge >= 0.3 is 16.1 Å². The van der Waals surface area contributed by atoms with Crippen LogP contribution in [0.5, 0.6) is 5.75 Å². The summed E-state index contributed by atoms with van der Waals surface area (Å²) in [7, 11) is -25.1. The fourth-order valence-electron chi connectivity index (χ4n) is 9.20. The van der Waals surface area contributed by atoms with Gasteiger partial charge in [0, 0.05) is 22.3 Å². The number of amides is 3. The van der Waals surface area contributed by atoms with E-state index in [-0.39, 0.29) is 55.9 Å². The normalized spacial score (nSPS) is 13.2. The predicted molar refractivity (Wildman–Crippen MR) is 411 cm³/mol. The highest BCUT2D eigenvalue weighted by Crippen LogP contribution is 2.37. The molecule has 0 radical (unpaired) electrons. The summed E-state index contributed by atoms with van der Waals surface area (Å²) in [4.78, 5) is 58.1. The summed E-state index contributed by atoms with van der Waals surface area (Å²) in [5.74, 6) is -2.16. The largest absolute Gasteiger partial charge is 0.497 e. The van der Waals surface area contributed by atoms with E-state index in [9.17, 15) is 82.9 Å². The SMILES string of the molecule is COc1ccc(C(=O)NS(=O)(=O)c2ccc(C)cc2)cc1.Cc1ccc(C(=O)NS(=O)(=O)c2ccc(C)cc2)cc1.Cc1ccc(S(=O)(=O)NC(=O)c2ccc(C(C)(C)C)cc2)cc1.Cc1ccc(S(=O)(=O)NS(=O)(=O)c2ccc(C)cc2)cc1.O=C1OS(=O)(=O)c2ccccc21.O=C1SS(=O)(=O)c2ccccc21. The lowest BCUT2D eigenvalue weighted by Crippen LogP contribution is -2.30. The summed E-state index contributed by atoms with van der Waals surface area (Å²) in [6.07, 6.45) is 0. The van der Waals surface area contributed by atoms with Crippen molar-refractivity contribution in [2.24, 2.45) is 0 Å². The van der Waals surface area contributed by atoms with E-state index >= 15 is 0 Å². The molecule has 0 aromatic heterocycles. The lowest BCUT2D eigenvalue weighted by molar-refractivity contribution is 0.0761. The van der Waals surface area contributed by atoms with Crippen LogP contribution in [-0.2, 0) is 78.7 Å². The van der Waals surface area contributed by atoms with Crippen LogP contribution in [0.25, 0.3) is 0 Å². The average Bonchev–Trinajstić information content (AvgIpc) is 1.65. The van der Waals surface area contributed by atoms with Crippen LogP contribution < -0.4 is 23.0 Å². The Morgan fingerprint density at radius 2 is 0.642 bits per heavy atom. The van der Waals surface area contributed by atoms with Gasteiger partial charge in [-0.3, -0.25) is 19.2 Å². The quantitative estimate of drug-likeness (QED) is 0.0580. The van der Waals surface area contributed by atoms with E-state index in [2.05, 4.69) is 34.4 Å². The fourth-order valence-corrected chi connectivity index (χ4v) is 19.0. The first-order valence-corrected chi connectivity index (χ1v) is 43.8. The molecule has 0 saturated heterocycles. The van der Waals surface area contributed by atoms with Crippen molar-refractivity contribution in [2.75, 3.05) is 7.11 Å². The second kappa shape index (κ2) is 35.7. The Balaban J connectivity index is 0.000000184. The molecule has 2 heterocycles. The van der Waals surface area contributed by atoms with Gasteiger partial charge in [-0.15, -0.1) is 4.13 Å². The van der Waals surface area contributed by atoms with E-state index in [1.54, 1.807) is 138 Å². The molecule has 2 aliphatic heterocycles. The molecule has 10 aromatic rings. The Hall–Kier alpha value is -10.5. The number of ether oxygens (including phenoxy) is 1. The number of sulfonamides is 5. The van der Waals surface area contributed by atoms with E-state index in [1.165, 1.54) is 104 Å². The standard InChI is InChI=1S/C18H21NO3S.C15H15NO4S.C15H15NO3S.C14H15NO4S2.C7H4O4S.C7H4O3S2/c1-13-5-11-16(12-6-13)23(21,22)19-17(20)14-7-9-15(10-8-14)18(2,3)4;1-11-3-9-14(10-4-11)21(18,19)16-15(17)12-5-7-13(20-2)8-6-12;1-11-3-7-13(8-4-11)15(17)16-20(18,19)14-9-5-12(2)6-10-14;1-11-3-7-13(8-4-11)20(16,17)15-21(18,19)14-9-5-12(2)6-10-14;2*8-7-5-3-1-2-4-6(5)12(9,10)11-7/h5-12H,1-4H3,(H,19,20);3-10H,1-2H3,(H,16,17);3-10H,1-2H3,(H,16,17);3-10,15H,1-2H3;2*1-4H. The van der Waals surface area contributed by atoms with Crippen LogP contribution >= 0.6 is 10.8 Å². The molecular formula is C76H74N4O21S8. The van der Waals surface area contributed by atoms with Gasteiger partial charge in [0.15, 0.2) is 0 Å². The van der Waals surface area contributed by atoms with Gasteiger partial charge in [-0.1, -0.05) is 163 Å². The molecule has 572 valence electrons. The highest BCUT2D eigenvalue weighted by molar-refractivity contribution is 8.78. The Morgan fingerprint density at radius 3 is 0.945 bits per heavy atom. The van der Waals surface area contributed by atoms with Crippen molar-refractivity contribution in [1.29, 1.82) is 0 Å². The zero-order valence-corrected chi connectivity index (χ0v) is 66.5. The van der Waals surface area contributed by atoms with Gasteiger partial charge in [0.05, 0.1) is 52.8 Å². The highest BCUT2D eigenvalue weighted by Gasteiger charge is 2.36. The minimum atomic E-state index is -4.13. The summed E-state index contributed by atoms with van der Waals surface area (Å²) in [6, 6.07) is 62.7. The van der Waals surface area contributed by atoms with Crippen molar-refractivity contribution in [3.8, 4) is 5.75 Å². The first-order valence-electron chi connectivity index (χ1n) is 32.1. The first kappa shape index (κ1) is 85.8. The summed E-state index contributed by atoms with van der Waals surface area (Å²) >= 11 is 0. The monoisotopic (exact) mass is 1630 g/mol. The number of methoxy groups -OCH3 is 1. The van der Waals surface area contributed by atoms with Gasteiger partial charge in [0.1, 0.15) is 10.6 Å². The molecule has 0 spiro atoms. The van der Waals surface area contributed by atoms with Gasteiger partial charge in [-0.05, 0) is 186 Å². The third-order valence-electron chi connectivity index (χ3n) is 15.4. The lowest BCUT2D eigenvalue weighted by atomic mass is 9.87. The van der Waals surface area contributed by atoms with E-state index in [4.69, 9.17) is 4.74 Å². The zero-order valence-electron chi connectivity index (χ0n) is 59.9. The maximum Gasteiger partial charge on any atom is 0.355 e. The van der Waals surface area contributed by atoms with Crippen LogP contribution in [0.3, 0.4) is 0 Å². The molecule has 33 heteroatoms. The maximum absolute atomic E-state index is 12.2. The summed E-state index contributed by atoms with van der Waals surface area (Å²) < 4.78 is 183. The number of fused-ring (bicyclic) bond motifs is 2. The van der Waals surface area contributed by atoms with Gasteiger partial charge in [-0.2, -0.15) is 8.42 Å². The first-order chi connectivity index (χ1) is 50.8. The molecule has 0 atom stereocenters. The Bertz CT molecular complexity index is 5690. The maximum atomic E-state index is 12.2. The van der Waals surface area contributed by atoms with E-state index in [1.807, 2.05) is 58.4 Å². The third kappa shape index (κ3) is 24.0. The van der Waals surface area contributed by atoms with Crippen LogP contribution in [0.15, 0.2) is 277 Å². The zero-order chi connectivity index (χ0) is 80.7. The minimum Gasteiger partial charge on any atom is -0.497 e. The summed E-state index contributed by atoms with van der Waals surface area (Å²) in [6.45, 7) is 17.3. The highest BCUT2D eigenvalue weighted by atomic mass is 33.1. The number of carbonyl (C=O) groups excluding carboxylic acids is 5. The molecular weight excluding hydrogens is 1560 g/mol. The molecule has 2 aliphatic rings. The van der Waals surface area contributed by atoms with Crippen molar-refractivity contribution >= 4 is 109 Å². The number of rotatable bonds is 14. The Labute approximate surface area is 638 Å². The topological polar surface area (TPSA) is 391 Å². The number of aryl methyl sites for hydroxylation is 6. The average molecular weight is 1640 g/mol. The number of hydrogen-bond acceptors (Lipinski definition) is 22. The molecule has 0 aliphatic carbocycles. The number of nitrogens with one attached hydrogen (secondary N) is 4. The molecule has 3 amide bonds. The summed E-state index contributed by atoms with van der Waals surface area (Å²) in [5, 5.41) is -0.384. The summed E-state index contributed by atoms with van der Waals surface area (Å²) in [5.41, 5.74) is 7.94. The van der Waals surface area contributed by atoms with Crippen LogP contribution in [0, 0.1) is 41.5 Å². The molecule has 4 N–H and O–H groups in total. The molecule has 10 aromatic carbocycles. The third-order valence-corrected chi connectivity index (χ3v) is 27.3. The van der Waals surface area contributed by atoms with Crippen LogP contribution in [0.2, 0.25) is 0 Å².